The van der Waals surface area contributed by atoms with Crippen LogP contribution in [0, 0.1) is 0 Å². The molecule has 0 amide bonds. The SMILES string of the molecule is Cn1cc([C@H]2OCCC[C@@H]2NCc2ccccn2)cn1. The third-order valence-electron chi connectivity index (χ3n) is 3.65. The predicted octanol–water partition coefficient (Wildman–Crippen LogP) is 1.82. The van der Waals surface area contributed by atoms with Gasteiger partial charge in [0.2, 0.25) is 0 Å². The molecule has 0 unspecified atom stereocenters. The van der Waals surface area contributed by atoms with Gasteiger partial charge in [-0.05, 0) is 25.0 Å². The van der Waals surface area contributed by atoms with E-state index in [1.807, 2.05) is 48.5 Å². The van der Waals surface area contributed by atoms with E-state index >= 15 is 0 Å². The van der Waals surface area contributed by atoms with E-state index in [1.54, 1.807) is 0 Å². The van der Waals surface area contributed by atoms with Crippen molar-refractivity contribution in [1.29, 1.82) is 0 Å². The molecule has 0 aromatic carbocycles. The van der Waals surface area contributed by atoms with Crippen LogP contribution in [0.1, 0.15) is 30.2 Å². The number of hydrogen-bond donors (Lipinski definition) is 1. The molecule has 0 bridgehead atoms. The number of ether oxygens (including phenoxy) is 1. The minimum atomic E-state index is 0.0844. The largest absolute Gasteiger partial charge is 0.372 e. The van der Waals surface area contributed by atoms with E-state index in [0.29, 0.717) is 6.04 Å². The van der Waals surface area contributed by atoms with Crippen LogP contribution >= 0.6 is 0 Å². The molecule has 20 heavy (non-hydrogen) atoms. The maximum Gasteiger partial charge on any atom is 0.101 e. The third kappa shape index (κ3) is 3.05. The Morgan fingerprint density at radius 2 is 2.40 bits per heavy atom. The molecule has 2 atom stereocenters. The monoisotopic (exact) mass is 272 g/mol. The molecule has 0 spiro atoms. The highest BCUT2D eigenvalue weighted by atomic mass is 16.5. The predicted molar refractivity (Wildman–Crippen MR) is 76.0 cm³/mol. The second kappa shape index (κ2) is 6.15. The smallest absolute Gasteiger partial charge is 0.101 e. The average molecular weight is 272 g/mol. The van der Waals surface area contributed by atoms with Gasteiger partial charge in [0, 0.05) is 44.2 Å². The Hall–Kier alpha value is -1.72. The summed E-state index contributed by atoms with van der Waals surface area (Å²) in [6.45, 7) is 1.59. The number of nitrogens with one attached hydrogen (secondary N) is 1. The zero-order chi connectivity index (χ0) is 13.8. The summed E-state index contributed by atoms with van der Waals surface area (Å²) in [5, 5.41) is 7.81. The van der Waals surface area contributed by atoms with Gasteiger partial charge in [-0.1, -0.05) is 6.07 Å². The Labute approximate surface area is 119 Å². The quantitative estimate of drug-likeness (QED) is 0.922. The Kier molecular flexibility index (Phi) is 4.08. The zero-order valence-corrected chi connectivity index (χ0v) is 11.7. The van der Waals surface area contributed by atoms with Crippen molar-refractivity contribution in [1.82, 2.24) is 20.1 Å². The van der Waals surface area contributed by atoms with Crippen LogP contribution in [-0.4, -0.2) is 27.4 Å². The van der Waals surface area contributed by atoms with Crippen LogP contribution in [0.25, 0.3) is 0 Å². The highest BCUT2D eigenvalue weighted by molar-refractivity contribution is 5.12. The third-order valence-corrected chi connectivity index (χ3v) is 3.65. The fourth-order valence-electron chi connectivity index (χ4n) is 2.64. The van der Waals surface area contributed by atoms with Gasteiger partial charge in [-0.3, -0.25) is 9.67 Å². The van der Waals surface area contributed by atoms with Gasteiger partial charge in [0.1, 0.15) is 6.10 Å². The summed E-state index contributed by atoms with van der Waals surface area (Å²) in [7, 11) is 1.93. The first-order valence-electron chi connectivity index (χ1n) is 7.06. The van der Waals surface area contributed by atoms with E-state index in [-0.39, 0.29) is 6.10 Å². The molecule has 0 aliphatic carbocycles. The maximum atomic E-state index is 5.94. The molecule has 2 aromatic rings. The molecular formula is C15H20N4O. The van der Waals surface area contributed by atoms with Gasteiger partial charge in [0.25, 0.3) is 0 Å². The van der Waals surface area contributed by atoms with Crippen LogP contribution in [0.15, 0.2) is 36.8 Å². The first-order chi connectivity index (χ1) is 9.83. The van der Waals surface area contributed by atoms with Crippen molar-refractivity contribution in [2.75, 3.05) is 6.61 Å². The fraction of sp³-hybridized carbons (Fsp3) is 0.467. The van der Waals surface area contributed by atoms with Crippen molar-refractivity contribution in [3.8, 4) is 0 Å². The second-order valence-electron chi connectivity index (χ2n) is 5.19. The molecule has 5 nitrogen and oxygen atoms in total. The van der Waals surface area contributed by atoms with Crippen LogP contribution in [-0.2, 0) is 18.3 Å². The Bertz CT molecular complexity index is 540. The number of nitrogens with zero attached hydrogens (tertiary/aromatic N) is 3. The molecule has 3 heterocycles. The lowest BCUT2D eigenvalue weighted by atomic mass is 9.98. The van der Waals surface area contributed by atoms with Gasteiger partial charge < -0.3 is 10.1 Å². The zero-order valence-electron chi connectivity index (χ0n) is 11.7. The number of hydrogen-bond acceptors (Lipinski definition) is 4. The van der Waals surface area contributed by atoms with Gasteiger partial charge in [0.15, 0.2) is 0 Å². The molecule has 1 fully saturated rings. The molecule has 2 aromatic heterocycles. The topological polar surface area (TPSA) is 52.0 Å². The Balaban J connectivity index is 1.66. The van der Waals surface area contributed by atoms with Gasteiger partial charge in [-0.15, -0.1) is 0 Å². The van der Waals surface area contributed by atoms with Crippen LogP contribution in [0.5, 0.6) is 0 Å². The lowest BCUT2D eigenvalue weighted by Gasteiger charge is -2.32. The Morgan fingerprint density at radius 3 is 3.15 bits per heavy atom. The second-order valence-corrected chi connectivity index (χ2v) is 5.19. The summed E-state index contributed by atoms with van der Waals surface area (Å²) >= 11 is 0. The van der Waals surface area contributed by atoms with Crippen LogP contribution in [0.3, 0.4) is 0 Å². The van der Waals surface area contributed by atoms with Crippen LogP contribution < -0.4 is 5.32 Å². The number of pyridine rings is 1. The summed E-state index contributed by atoms with van der Waals surface area (Å²) in [4.78, 5) is 4.35. The Morgan fingerprint density at radius 1 is 1.45 bits per heavy atom. The van der Waals surface area contributed by atoms with Crippen molar-refractivity contribution in [3.05, 3.63) is 48.0 Å². The number of aromatic nitrogens is 3. The summed E-state index contributed by atoms with van der Waals surface area (Å²) < 4.78 is 7.76. The van der Waals surface area contributed by atoms with Gasteiger partial charge in [-0.25, -0.2) is 0 Å². The van der Waals surface area contributed by atoms with Gasteiger partial charge in [0.05, 0.1) is 11.9 Å². The summed E-state index contributed by atoms with van der Waals surface area (Å²) in [6.07, 6.45) is 8.05. The van der Waals surface area contributed by atoms with E-state index in [2.05, 4.69) is 15.4 Å². The summed E-state index contributed by atoms with van der Waals surface area (Å²) in [6, 6.07) is 6.30. The van der Waals surface area contributed by atoms with E-state index in [1.165, 1.54) is 0 Å². The van der Waals surface area contributed by atoms with Gasteiger partial charge >= 0.3 is 0 Å². The molecule has 5 heteroatoms. The van der Waals surface area contributed by atoms with Crippen molar-refractivity contribution in [2.24, 2.45) is 7.05 Å². The standard InChI is InChI=1S/C15H20N4O/c1-19-11-12(9-18-19)15-14(6-4-8-20-15)17-10-13-5-2-3-7-16-13/h2-3,5,7,9,11,14-15,17H,4,6,8,10H2,1H3/t14-,15+/m0/s1. The summed E-state index contributed by atoms with van der Waals surface area (Å²) in [5.74, 6) is 0. The maximum absolute atomic E-state index is 5.94. The first kappa shape index (κ1) is 13.3. The molecule has 1 N–H and O–H groups in total. The summed E-state index contributed by atoms with van der Waals surface area (Å²) in [5.41, 5.74) is 2.20. The van der Waals surface area contributed by atoms with E-state index in [4.69, 9.17) is 4.74 Å². The van der Waals surface area contributed by atoms with Crippen molar-refractivity contribution in [2.45, 2.75) is 31.5 Å². The minimum Gasteiger partial charge on any atom is -0.372 e. The molecule has 0 radical (unpaired) electrons. The van der Waals surface area contributed by atoms with Crippen LogP contribution in [0.2, 0.25) is 0 Å². The van der Waals surface area contributed by atoms with E-state index < -0.39 is 0 Å². The molecular weight excluding hydrogens is 252 g/mol. The normalized spacial score (nSPS) is 22.9. The first-order valence-corrected chi connectivity index (χ1v) is 7.06. The highest BCUT2D eigenvalue weighted by Crippen LogP contribution is 2.28. The van der Waals surface area contributed by atoms with Crippen LogP contribution in [0.4, 0.5) is 0 Å². The van der Waals surface area contributed by atoms with Crippen molar-refractivity contribution >= 4 is 0 Å². The molecule has 1 aliphatic rings. The fourth-order valence-corrected chi connectivity index (χ4v) is 2.64. The van der Waals surface area contributed by atoms with E-state index in [9.17, 15) is 0 Å². The van der Waals surface area contributed by atoms with E-state index in [0.717, 1.165) is 37.3 Å². The molecule has 1 aliphatic heterocycles. The van der Waals surface area contributed by atoms with Crippen molar-refractivity contribution in [3.63, 3.8) is 0 Å². The lowest BCUT2D eigenvalue weighted by Crippen LogP contribution is -2.39. The average Bonchev–Trinajstić information content (AvgIpc) is 2.93. The number of rotatable bonds is 4. The molecule has 106 valence electrons. The molecule has 3 rings (SSSR count). The molecule has 1 saturated heterocycles. The highest BCUT2D eigenvalue weighted by Gasteiger charge is 2.28. The number of aryl methyl sites for hydroxylation is 1. The van der Waals surface area contributed by atoms with Crippen molar-refractivity contribution < 1.29 is 4.74 Å². The molecule has 0 saturated carbocycles. The minimum absolute atomic E-state index is 0.0844. The lowest BCUT2D eigenvalue weighted by molar-refractivity contribution is -0.0113. The van der Waals surface area contributed by atoms with Gasteiger partial charge in [-0.2, -0.15) is 5.10 Å².